The molecule has 0 atom stereocenters. The molecule has 3 rings (SSSR count). The Kier molecular flexibility index (Phi) is 4.55. The van der Waals surface area contributed by atoms with Crippen LogP contribution in [-0.2, 0) is 0 Å². The van der Waals surface area contributed by atoms with Crippen molar-refractivity contribution in [1.29, 1.82) is 0 Å². The van der Waals surface area contributed by atoms with Gasteiger partial charge in [-0.2, -0.15) is 0 Å². The number of rotatable bonds is 4. The molecule has 23 heavy (non-hydrogen) atoms. The van der Waals surface area contributed by atoms with Crippen molar-refractivity contribution in [3.63, 3.8) is 0 Å². The molecule has 1 aliphatic rings. The minimum absolute atomic E-state index is 0.178. The summed E-state index contributed by atoms with van der Waals surface area (Å²) in [5.41, 5.74) is 0.872. The Bertz CT molecular complexity index is 655. The molecule has 0 bridgehead atoms. The van der Waals surface area contributed by atoms with Crippen molar-refractivity contribution in [1.82, 2.24) is 19.9 Å². The lowest BCUT2D eigenvalue weighted by atomic mass is 10.1. The maximum atomic E-state index is 5.94. The molecular formula is C16H22N6O. The third-order valence-electron chi connectivity index (χ3n) is 3.88. The number of nitrogens with zero attached hydrogens (tertiary/aromatic N) is 6. The van der Waals surface area contributed by atoms with Gasteiger partial charge >= 0.3 is 0 Å². The Labute approximate surface area is 136 Å². The van der Waals surface area contributed by atoms with Crippen LogP contribution in [-0.4, -0.2) is 53.2 Å². The van der Waals surface area contributed by atoms with E-state index >= 15 is 0 Å². The summed E-state index contributed by atoms with van der Waals surface area (Å²) in [6.45, 7) is 3.74. The normalized spacial score (nSPS) is 15.5. The number of piperidine rings is 1. The van der Waals surface area contributed by atoms with Gasteiger partial charge in [0.25, 0.3) is 0 Å². The zero-order valence-corrected chi connectivity index (χ0v) is 13.8. The molecule has 7 nitrogen and oxygen atoms in total. The Morgan fingerprint density at radius 3 is 2.65 bits per heavy atom. The minimum atomic E-state index is 0.178. The molecular weight excluding hydrogens is 292 g/mol. The highest BCUT2D eigenvalue weighted by Crippen LogP contribution is 2.22. The zero-order valence-electron chi connectivity index (χ0n) is 13.8. The van der Waals surface area contributed by atoms with Gasteiger partial charge in [-0.05, 0) is 6.92 Å². The van der Waals surface area contributed by atoms with E-state index in [9.17, 15) is 0 Å². The number of ether oxygens (including phenoxy) is 1. The third-order valence-corrected chi connectivity index (χ3v) is 3.88. The fourth-order valence-corrected chi connectivity index (χ4v) is 2.63. The third kappa shape index (κ3) is 3.85. The van der Waals surface area contributed by atoms with E-state index in [0.717, 1.165) is 43.3 Å². The first kappa shape index (κ1) is 15.5. The van der Waals surface area contributed by atoms with Gasteiger partial charge in [0.05, 0.1) is 11.9 Å². The summed E-state index contributed by atoms with van der Waals surface area (Å²) >= 11 is 0. The molecule has 0 radical (unpaired) electrons. The molecule has 7 heteroatoms. The van der Waals surface area contributed by atoms with Crippen LogP contribution in [0.2, 0.25) is 0 Å². The number of aryl methyl sites for hydroxylation is 1. The zero-order chi connectivity index (χ0) is 16.2. The topological polar surface area (TPSA) is 67.3 Å². The number of hydrogen-bond donors (Lipinski definition) is 0. The van der Waals surface area contributed by atoms with Crippen molar-refractivity contribution in [2.45, 2.75) is 25.9 Å². The van der Waals surface area contributed by atoms with Crippen LogP contribution in [0.3, 0.4) is 0 Å². The maximum absolute atomic E-state index is 5.94. The van der Waals surface area contributed by atoms with Crippen LogP contribution >= 0.6 is 0 Å². The number of anilines is 2. The Hall–Kier alpha value is -2.44. The lowest BCUT2D eigenvalue weighted by Gasteiger charge is -2.32. The fraction of sp³-hybridized carbons (Fsp3) is 0.500. The molecule has 0 N–H and O–H groups in total. The van der Waals surface area contributed by atoms with E-state index in [2.05, 4.69) is 24.8 Å². The molecule has 122 valence electrons. The van der Waals surface area contributed by atoms with Gasteiger partial charge in [0, 0.05) is 52.3 Å². The van der Waals surface area contributed by atoms with Gasteiger partial charge in [0.15, 0.2) is 0 Å². The summed E-state index contributed by atoms with van der Waals surface area (Å²) in [5, 5.41) is 0. The quantitative estimate of drug-likeness (QED) is 0.850. The van der Waals surface area contributed by atoms with Crippen LogP contribution in [0.1, 0.15) is 18.5 Å². The highest BCUT2D eigenvalue weighted by Gasteiger charge is 2.22. The van der Waals surface area contributed by atoms with E-state index in [1.165, 1.54) is 0 Å². The summed E-state index contributed by atoms with van der Waals surface area (Å²) in [7, 11) is 3.96. The van der Waals surface area contributed by atoms with Gasteiger partial charge < -0.3 is 14.5 Å². The van der Waals surface area contributed by atoms with Gasteiger partial charge in [-0.1, -0.05) is 0 Å². The van der Waals surface area contributed by atoms with Crippen LogP contribution in [0.15, 0.2) is 24.8 Å². The molecule has 0 spiro atoms. The predicted molar refractivity (Wildman–Crippen MR) is 89.0 cm³/mol. The molecule has 2 aromatic heterocycles. The van der Waals surface area contributed by atoms with Crippen molar-refractivity contribution in [3.8, 4) is 5.88 Å². The van der Waals surface area contributed by atoms with E-state index in [4.69, 9.17) is 4.74 Å². The fourth-order valence-electron chi connectivity index (χ4n) is 2.63. The molecule has 1 saturated heterocycles. The molecule has 1 aliphatic heterocycles. The summed E-state index contributed by atoms with van der Waals surface area (Å²) in [5.74, 6) is 2.50. The van der Waals surface area contributed by atoms with E-state index in [0.29, 0.717) is 5.88 Å². The second-order valence-electron chi connectivity index (χ2n) is 5.93. The van der Waals surface area contributed by atoms with Gasteiger partial charge in [0.1, 0.15) is 24.1 Å². The first-order valence-corrected chi connectivity index (χ1v) is 7.81. The van der Waals surface area contributed by atoms with Crippen LogP contribution < -0.4 is 14.5 Å². The van der Waals surface area contributed by atoms with E-state index < -0.39 is 0 Å². The van der Waals surface area contributed by atoms with Crippen LogP contribution in [0.5, 0.6) is 5.88 Å². The highest BCUT2D eigenvalue weighted by atomic mass is 16.5. The summed E-state index contributed by atoms with van der Waals surface area (Å²) < 4.78 is 5.94. The van der Waals surface area contributed by atoms with Crippen molar-refractivity contribution in [3.05, 3.63) is 30.5 Å². The average molecular weight is 314 g/mol. The van der Waals surface area contributed by atoms with Crippen molar-refractivity contribution in [2.75, 3.05) is 37.0 Å². The number of aromatic nitrogens is 4. The van der Waals surface area contributed by atoms with E-state index in [1.54, 1.807) is 18.7 Å². The SMILES string of the molecule is Cc1cncc(OC2CCN(c3cc(N(C)C)ncn3)CC2)n1. The maximum Gasteiger partial charge on any atom is 0.232 e. The van der Waals surface area contributed by atoms with Gasteiger partial charge in [-0.25, -0.2) is 15.0 Å². The molecule has 3 heterocycles. The second-order valence-corrected chi connectivity index (χ2v) is 5.93. The van der Waals surface area contributed by atoms with Gasteiger partial charge in [-0.15, -0.1) is 0 Å². The first-order valence-electron chi connectivity index (χ1n) is 7.81. The van der Waals surface area contributed by atoms with Crippen LogP contribution in [0.4, 0.5) is 11.6 Å². The average Bonchev–Trinajstić information content (AvgIpc) is 2.56. The smallest absolute Gasteiger partial charge is 0.232 e. The largest absolute Gasteiger partial charge is 0.473 e. The van der Waals surface area contributed by atoms with Crippen molar-refractivity contribution < 1.29 is 4.74 Å². The summed E-state index contributed by atoms with van der Waals surface area (Å²) in [4.78, 5) is 21.4. The molecule has 0 saturated carbocycles. The molecule has 1 fully saturated rings. The van der Waals surface area contributed by atoms with Gasteiger partial charge in [0.2, 0.25) is 5.88 Å². The van der Waals surface area contributed by atoms with Crippen LogP contribution in [0, 0.1) is 6.92 Å². The summed E-state index contributed by atoms with van der Waals surface area (Å²) in [6.07, 6.45) is 7.08. The van der Waals surface area contributed by atoms with E-state index in [-0.39, 0.29) is 6.10 Å². The Morgan fingerprint density at radius 1 is 1.17 bits per heavy atom. The van der Waals surface area contributed by atoms with E-state index in [1.807, 2.05) is 32.0 Å². The lowest BCUT2D eigenvalue weighted by Crippen LogP contribution is -2.39. The second kappa shape index (κ2) is 6.76. The predicted octanol–water partition coefficient (Wildman–Crippen LogP) is 1.69. The van der Waals surface area contributed by atoms with Gasteiger partial charge in [-0.3, -0.25) is 4.98 Å². The molecule has 0 aromatic carbocycles. The molecule has 0 aliphatic carbocycles. The summed E-state index contributed by atoms with van der Waals surface area (Å²) in [6, 6.07) is 2.02. The first-order chi connectivity index (χ1) is 11.1. The highest BCUT2D eigenvalue weighted by molar-refractivity contribution is 5.49. The number of hydrogen-bond acceptors (Lipinski definition) is 7. The molecule has 2 aromatic rings. The van der Waals surface area contributed by atoms with Crippen molar-refractivity contribution in [2.24, 2.45) is 0 Å². The monoisotopic (exact) mass is 314 g/mol. The molecule has 0 amide bonds. The van der Waals surface area contributed by atoms with Crippen molar-refractivity contribution >= 4 is 11.6 Å². The minimum Gasteiger partial charge on any atom is -0.473 e. The Morgan fingerprint density at radius 2 is 1.96 bits per heavy atom. The standard InChI is InChI=1S/C16H22N6O/c1-12-9-17-10-16(20-12)23-13-4-6-22(7-5-13)15-8-14(21(2)3)18-11-19-15/h8-11,13H,4-7H2,1-3H3. The lowest BCUT2D eigenvalue weighted by molar-refractivity contribution is 0.163. The molecule has 0 unspecified atom stereocenters. The van der Waals surface area contributed by atoms with Crippen LogP contribution in [0.25, 0.3) is 0 Å². The Balaban J connectivity index is 1.59.